The normalized spacial score (nSPS) is 13.7. The van der Waals surface area contributed by atoms with E-state index < -0.39 is 18.0 Å². The average molecular weight is 419 g/mol. The highest BCUT2D eigenvalue weighted by Gasteiger charge is 2.24. The van der Waals surface area contributed by atoms with Crippen LogP contribution < -0.4 is 0 Å². The Bertz CT molecular complexity index is 488. The minimum atomic E-state index is -0.985. The van der Waals surface area contributed by atoms with Crippen molar-refractivity contribution in [3.05, 3.63) is 0 Å². The van der Waals surface area contributed by atoms with Crippen LogP contribution in [-0.2, 0) is 19.1 Å². The van der Waals surface area contributed by atoms with Crippen molar-refractivity contribution in [3.63, 3.8) is 0 Å². The number of aliphatic carboxylic acids is 2. The van der Waals surface area contributed by atoms with Crippen molar-refractivity contribution in [1.29, 1.82) is 0 Å². The summed E-state index contributed by atoms with van der Waals surface area (Å²) in [7, 11) is 5.75. The quantitative estimate of drug-likeness (QED) is 0.178. The number of nitrogens with zero attached hydrogens (tertiary/aromatic N) is 1. The zero-order chi connectivity index (χ0) is 22.3. The van der Waals surface area contributed by atoms with Gasteiger partial charge in [-0.3, -0.25) is 14.4 Å². The van der Waals surface area contributed by atoms with Gasteiger partial charge in [0.25, 0.3) is 0 Å². The monoisotopic (exact) mass is 418 g/mol. The molecule has 0 aliphatic carbocycles. The number of aliphatic hydroxyl groups excluding tert-OH is 1. The summed E-state index contributed by atoms with van der Waals surface area (Å²) in [5.74, 6) is -2.13. The SMILES string of the molecule is C[N+](C)(C)CC(CC(=O)O)OC(=O)CCCCC(O)CCCCCCCC(=O)O. The van der Waals surface area contributed by atoms with Crippen molar-refractivity contribution in [2.75, 3.05) is 27.7 Å². The maximum Gasteiger partial charge on any atom is 0.307 e. The number of hydrogen-bond acceptors (Lipinski definition) is 5. The van der Waals surface area contributed by atoms with Crippen molar-refractivity contribution < 1.29 is 38.9 Å². The lowest BCUT2D eigenvalue weighted by atomic mass is 10.0. The summed E-state index contributed by atoms with van der Waals surface area (Å²) in [6.07, 6.45) is 6.38. The summed E-state index contributed by atoms with van der Waals surface area (Å²) >= 11 is 0. The largest absolute Gasteiger partial charge is 0.481 e. The molecule has 3 N–H and O–H groups in total. The number of aliphatic hydroxyl groups is 1. The van der Waals surface area contributed by atoms with Crippen LogP contribution in [0.3, 0.4) is 0 Å². The molecule has 0 amide bonds. The number of carboxylic acids is 2. The lowest BCUT2D eigenvalue weighted by Crippen LogP contribution is -2.43. The Balaban J connectivity index is 3.84. The molecular formula is C21H40NO7+. The minimum absolute atomic E-state index is 0.198. The van der Waals surface area contributed by atoms with Crippen LogP contribution in [0.1, 0.15) is 77.0 Å². The minimum Gasteiger partial charge on any atom is -0.481 e. The second kappa shape index (κ2) is 15.2. The van der Waals surface area contributed by atoms with E-state index in [2.05, 4.69) is 0 Å². The number of carboxylic acid groups (broad SMARTS) is 2. The lowest BCUT2D eigenvalue weighted by Gasteiger charge is -2.28. The molecule has 0 heterocycles. The molecule has 0 aromatic rings. The molecule has 8 nitrogen and oxygen atoms in total. The van der Waals surface area contributed by atoms with E-state index in [0.717, 1.165) is 25.7 Å². The Morgan fingerprint density at radius 1 is 0.793 bits per heavy atom. The second-order valence-electron chi connectivity index (χ2n) is 8.78. The van der Waals surface area contributed by atoms with Gasteiger partial charge in [-0.15, -0.1) is 0 Å². The molecule has 2 atom stereocenters. The van der Waals surface area contributed by atoms with Gasteiger partial charge >= 0.3 is 17.9 Å². The highest BCUT2D eigenvalue weighted by atomic mass is 16.5. The number of esters is 1. The van der Waals surface area contributed by atoms with Crippen LogP contribution in [-0.4, -0.2) is 77.6 Å². The van der Waals surface area contributed by atoms with Gasteiger partial charge < -0.3 is 24.5 Å². The molecule has 0 aliphatic heterocycles. The molecule has 0 aliphatic rings. The van der Waals surface area contributed by atoms with Gasteiger partial charge in [0.2, 0.25) is 0 Å². The molecule has 0 saturated heterocycles. The highest BCUT2D eigenvalue weighted by Crippen LogP contribution is 2.14. The van der Waals surface area contributed by atoms with Crippen molar-refractivity contribution in [2.45, 2.75) is 89.3 Å². The zero-order valence-electron chi connectivity index (χ0n) is 18.3. The van der Waals surface area contributed by atoms with Gasteiger partial charge in [0, 0.05) is 12.8 Å². The van der Waals surface area contributed by atoms with Crippen LogP contribution in [0.4, 0.5) is 0 Å². The summed E-state index contributed by atoms with van der Waals surface area (Å²) < 4.78 is 5.85. The van der Waals surface area contributed by atoms with E-state index >= 15 is 0 Å². The van der Waals surface area contributed by atoms with Gasteiger partial charge in [0.05, 0.1) is 33.7 Å². The second-order valence-corrected chi connectivity index (χ2v) is 8.78. The van der Waals surface area contributed by atoms with Gasteiger partial charge in [-0.25, -0.2) is 0 Å². The Morgan fingerprint density at radius 2 is 1.31 bits per heavy atom. The predicted molar refractivity (Wildman–Crippen MR) is 109 cm³/mol. The third-order valence-electron chi connectivity index (χ3n) is 4.55. The molecule has 29 heavy (non-hydrogen) atoms. The topological polar surface area (TPSA) is 121 Å². The van der Waals surface area contributed by atoms with Crippen LogP contribution in [0, 0.1) is 0 Å². The van der Waals surface area contributed by atoms with Crippen LogP contribution in [0.25, 0.3) is 0 Å². The number of ether oxygens (including phenoxy) is 1. The summed E-state index contributed by atoms with van der Waals surface area (Å²) in [5, 5.41) is 27.5. The first-order chi connectivity index (χ1) is 13.5. The first-order valence-corrected chi connectivity index (χ1v) is 10.6. The van der Waals surface area contributed by atoms with E-state index in [1.807, 2.05) is 21.1 Å². The standard InChI is InChI=1S/C21H39NO7/c1-22(2,3)16-18(15-20(26)27)29-21(28)14-10-9-12-17(23)11-7-5-4-6-8-13-19(24)25/h17-18,23H,4-16H2,1-3H3,(H-,24,25,26,27)/p+1. The molecule has 0 radical (unpaired) electrons. The Morgan fingerprint density at radius 3 is 1.86 bits per heavy atom. The number of likely N-dealkylation sites (N-methyl/N-ethyl adjacent to an activating group) is 1. The maximum atomic E-state index is 12.0. The fourth-order valence-corrected chi connectivity index (χ4v) is 3.17. The van der Waals surface area contributed by atoms with E-state index in [1.165, 1.54) is 0 Å². The highest BCUT2D eigenvalue weighted by molar-refractivity contribution is 5.71. The van der Waals surface area contributed by atoms with Gasteiger partial charge in [-0.2, -0.15) is 0 Å². The first-order valence-electron chi connectivity index (χ1n) is 10.6. The van der Waals surface area contributed by atoms with Crippen molar-refractivity contribution in [3.8, 4) is 0 Å². The molecule has 0 aromatic carbocycles. The molecule has 0 bridgehead atoms. The number of rotatable bonds is 18. The van der Waals surface area contributed by atoms with Crippen molar-refractivity contribution in [2.24, 2.45) is 0 Å². The molecule has 8 heteroatoms. The predicted octanol–water partition coefficient (Wildman–Crippen LogP) is 2.82. The van der Waals surface area contributed by atoms with Crippen LogP contribution in [0.2, 0.25) is 0 Å². The van der Waals surface area contributed by atoms with Crippen molar-refractivity contribution in [1.82, 2.24) is 0 Å². The number of carbonyl (C=O) groups is 3. The number of quaternary nitrogens is 1. The summed E-state index contributed by atoms with van der Waals surface area (Å²) in [4.78, 5) is 33.3. The van der Waals surface area contributed by atoms with E-state index in [1.54, 1.807) is 0 Å². The molecule has 170 valence electrons. The Kier molecular flexibility index (Phi) is 14.3. The van der Waals surface area contributed by atoms with Gasteiger partial charge in [0.15, 0.2) is 6.10 Å². The Hall–Kier alpha value is -1.67. The van der Waals surface area contributed by atoms with Crippen molar-refractivity contribution >= 4 is 17.9 Å². The fraction of sp³-hybridized carbons (Fsp3) is 0.857. The molecular weight excluding hydrogens is 378 g/mol. The van der Waals surface area contributed by atoms with Gasteiger partial charge in [-0.1, -0.05) is 32.1 Å². The molecule has 0 spiro atoms. The Labute approximate surface area is 174 Å². The van der Waals surface area contributed by atoms with Crippen LogP contribution in [0.15, 0.2) is 0 Å². The summed E-state index contributed by atoms with van der Waals surface area (Å²) in [6.45, 7) is 0.438. The number of unbranched alkanes of at least 4 members (excludes halogenated alkanes) is 5. The van der Waals surface area contributed by atoms with E-state index in [4.69, 9.17) is 14.9 Å². The number of hydrogen-bond donors (Lipinski definition) is 3. The third-order valence-corrected chi connectivity index (χ3v) is 4.55. The fourth-order valence-electron chi connectivity index (χ4n) is 3.17. The molecule has 0 rings (SSSR count). The molecule has 2 unspecified atom stereocenters. The first kappa shape index (κ1) is 27.3. The summed E-state index contributed by atoms with van der Waals surface area (Å²) in [6, 6.07) is 0. The summed E-state index contributed by atoms with van der Waals surface area (Å²) in [5.41, 5.74) is 0. The van der Waals surface area contributed by atoms with E-state index in [-0.39, 0.29) is 31.3 Å². The van der Waals surface area contributed by atoms with Crippen LogP contribution >= 0.6 is 0 Å². The lowest BCUT2D eigenvalue weighted by molar-refractivity contribution is -0.873. The van der Waals surface area contributed by atoms with Gasteiger partial charge in [0.1, 0.15) is 6.54 Å². The average Bonchev–Trinajstić information content (AvgIpc) is 2.55. The molecule has 0 saturated carbocycles. The third kappa shape index (κ3) is 19.4. The number of carbonyl (C=O) groups excluding carboxylic acids is 1. The zero-order valence-corrected chi connectivity index (χ0v) is 18.3. The molecule has 0 fully saturated rings. The smallest absolute Gasteiger partial charge is 0.307 e. The van der Waals surface area contributed by atoms with E-state index in [0.29, 0.717) is 43.1 Å². The van der Waals surface area contributed by atoms with E-state index in [9.17, 15) is 19.5 Å². The van der Waals surface area contributed by atoms with Crippen LogP contribution in [0.5, 0.6) is 0 Å². The maximum absolute atomic E-state index is 12.0. The molecule has 0 aromatic heterocycles. The van der Waals surface area contributed by atoms with Gasteiger partial charge in [-0.05, 0) is 25.7 Å².